The van der Waals surface area contributed by atoms with Crippen molar-refractivity contribution >= 4 is 21.8 Å². The van der Waals surface area contributed by atoms with Gasteiger partial charge in [-0.2, -0.15) is 5.10 Å². The average molecular weight is 375 g/mol. The van der Waals surface area contributed by atoms with Gasteiger partial charge in [0.15, 0.2) is 0 Å². The molecule has 4 aromatic rings. The minimum Gasteiger partial charge on any atom is -0.393 e. The van der Waals surface area contributed by atoms with Gasteiger partial charge in [0, 0.05) is 41.8 Å². The van der Waals surface area contributed by atoms with Crippen LogP contribution in [0.5, 0.6) is 0 Å². The smallest absolute Gasteiger partial charge is 0.260 e. The molecule has 142 valence electrons. The molecule has 0 radical (unpaired) electrons. The zero-order valence-electron chi connectivity index (χ0n) is 15.6. The van der Waals surface area contributed by atoms with Gasteiger partial charge in [0.1, 0.15) is 12.0 Å². The Bertz CT molecular complexity index is 1230. The van der Waals surface area contributed by atoms with Crippen LogP contribution in [0.15, 0.2) is 47.9 Å². The topological polar surface area (TPSA) is 85.8 Å². The van der Waals surface area contributed by atoms with E-state index in [1.54, 1.807) is 17.1 Å². The largest absolute Gasteiger partial charge is 0.393 e. The summed E-state index contributed by atoms with van der Waals surface area (Å²) in [4.78, 5) is 22.2. The summed E-state index contributed by atoms with van der Waals surface area (Å²) in [5, 5.41) is 16.5. The molecule has 0 saturated heterocycles. The maximum absolute atomic E-state index is 13.5. The number of nitrogens with zero attached hydrogens (tertiary/aromatic N) is 5. The van der Waals surface area contributed by atoms with Crippen LogP contribution in [0.1, 0.15) is 31.7 Å². The van der Waals surface area contributed by atoms with Gasteiger partial charge in [-0.05, 0) is 42.7 Å². The van der Waals surface area contributed by atoms with Gasteiger partial charge in [0.2, 0.25) is 0 Å². The van der Waals surface area contributed by atoms with Crippen molar-refractivity contribution in [2.45, 2.75) is 37.8 Å². The minimum atomic E-state index is -0.273. The van der Waals surface area contributed by atoms with Crippen LogP contribution in [0.3, 0.4) is 0 Å². The Hall–Kier alpha value is -3.06. The molecule has 1 aliphatic carbocycles. The predicted molar refractivity (Wildman–Crippen MR) is 107 cm³/mol. The van der Waals surface area contributed by atoms with Gasteiger partial charge in [0.05, 0.1) is 12.3 Å². The molecule has 0 spiro atoms. The first kappa shape index (κ1) is 17.1. The summed E-state index contributed by atoms with van der Waals surface area (Å²) in [7, 11) is 1.87. The molecule has 5 rings (SSSR count). The Kier molecular flexibility index (Phi) is 3.98. The van der Waals surface area contributed by atoms with Gasteiger partial charge in [-0.15, -0.1) is 0 Å². The highest BCUT2D eigenvalue weighted by atomic mass is 16.3. The summed E-state index contributed by atoms with van der Waals surface area (Å²) in [5.74, 6) is 0. The molecule has 3 heterocycles. The molecule has 1 aromatic carbocycles. The van der Waals surface area contributed by atoms with Crippen molar-refractivity contribution in [2.75, 3.05) is 0 Å². The Morgan fingerprint density at radius 1 is 1.04 bits per heavy atom. The number of fused-ring (bicyclic) bond motifs is 3. The van der Waals surface area contributed by atoms with Crippen LogP contribution < -0.4 is 5.56 Å². The zero-order chi connectivity index (χ0) is 19.3. The molecule has 1 fully saturated rings. The third-order valence-corrected chi connectivity index (χ3v) is 5.75. The molecule has 7 nitrogen and oxygen atoms in total. The van der Waals surface area contributed by atoms with Crippen LogP contribution in [-0.2, 0) is 7.05 Å². The molecule has 7 heteroatoms. The standard InChI is InChI=1S/C21H21N5O2/c1-25-11-14(9-24-25)13-2-7-17-18(8-13)21(28)26(15-3-5-16(27)6-4-15)20-19(17)10-22-12-23-20/h2,7-12,15-16,27H,3-6H2,1H3. The number of benzene rings is 1. The average Bonchev–Trinajstić information content (AvgIpc) is 3.16. The number of hydrogen-bond acceptors (Lipinski definition) is 5. The van der Waals surface area contributed by atoms with Crippen LogP contribution in [0.2, 0.25) is 0 Å². The van der Waals surface area contributed by atoms with E-state index in [9.17, 15) is 9.90 Å². The van der Waals surface area contributed by atoms with E-state index in [-0.39, 0.29) is 17.7 Å². The molecular weight excluding hydrogens is 354 g/mol. The molecule has 3 aromatic heterocycles. The van der Waals surface area contributed by atoms with Crippen molar-refractivity contribution < 1.29 is 5.11 Å². The summed E-state index contributed by atoms with van der Waals surface area (Å²) >= 11 is 0. The van der Waals surface area contributed by atoms with Crippen molar-refractivity contribution in [1.82, 2.24) is 24.3 Å². The van der Waals surface area contributed by atoms with E-state index in [0.29, 0.717) is 23.9 Å². The molecule has 0 atom stereocenters. The predicted octanol–water partition coefficient (Wildman–Crippen LogP) is 2.82. The van der Waals surface area contributed by atoms with Crippen LogP contribution in [0.4, 0.5) is 0 Å². The second-order valence-electron chi connectivity index (χ2n) is 7.56. The summed E-state index contributed by atoms with van der Waals surface area (Å²) < 4.78 is 3.57. The fourth-order valence-electron chi connectivity index (χ4n) is 4.29. The number of aliphatic hydroxyl groups excluding tert-OH is 1. The monoisotopic (exact) mass is 375 g/mol. The highest BCUT2D eigenvalue weighted by molar-refractivity contribution is 6.05. The number of pyridine rings is 1. The van der Waals surface area contributed by atoms with Crippen LogP contribution in [-0.4, -0.2) is 35.5 Å². The van der Waals surface area contributed by atoms with Crippen LogP contribution >= 0.6 is 0 Å². The molecular formula is C21H21N5O2. The van der Waals surface area contributed by atoms with Gasteiger partial charge >= 0.3 is 0 Å². The van der Waals surface area contributed by atoms with E-state index in [0.717, 1.165) is 34.7 Å². The SMILES string of the molecule is Cn1cc(-c2ccc3c(c2)c(=O)n(C2CCC(O)CC2)c2ncncc32)cn1. The van der Waals surface area contributed by atoms with E-state index in [2.05, 4.69) is 15.1 Å². The van der Waals surface area contributed by atoms with Gasteiger partial charge in [-0.3, -0.25) is 14.0 Å². The summed E-state index contributed by atoms with van der Waals surface area (Å²) in [6.45, 7) is 0. The molecule has 1 saturated carbocycles. The Balaban J connectivity index is 1.77. The van der Waals surface area contributed by atoms with E-state index in [1.165, 1.54) is 6.33 Å². The second kappa shape index (κ2) is 6.53. The Morgan fingerprint density at radius 2 is 1.86 bits per heavy atom. The third-order valence-electron chi connectivity index (χ3n) is 5.75. The summed E-state index contributed by atoms with van der Waals surface area (Å²) in [5.41, 5.74) is 2.57. The third kappa shape index (κ3) is 2.70. The highest BCUT2D eigenvalue weighted by Gasteiger charge is 2.25. The number of hydrogen-bond donors (Lipinski definition) is 1. The van der Waals surface area contributed by atoms with Gasteiger partial charge in [-0.1, -0.05) is 12.1 Å². The van der Waals surface area contributed by atoms with Crippen LogP contribution in [0.25, 0.3) is 32.9 Å². The molecule has 1 aliphatic rings. The lowest BCUT2D eigenvalue weighted by Gasteiger charge is -2.28. The highest BCUT2D eigenvalue weighted by Crippen LogP contribution is 2.32. The van der Waals surface area contributed by atoms with Gasteiger partial charge < -0.3 is 5.11 Å². The first-order chi connectivity index (χ1) is 13.6. The Labute approximate surface area is 161 Å². The van der Waals surface area contributed by atoms with E-state index in [4.69, 9.17) is 0 Å². The van der Waals surface area contributed by atoms with Gasteiger partial charge in [-0.25, -0.2) is 9.97 Å². The lowest BCUT2D eigenvalue weighted by Crippen LogP contribution is -2.30. The number of rotatable bonds is 2. The van der Waals surface area contributed by atoms with Crippen molar-refractivity contribution in [3.8, 4) is 11.1 Å². The molecule has 0 aliphatic heterocycles. The first-order valence-corrected chi connectivity index (χ1v) is 9.57. The van der Waals surface area contributed by atoms with Crippen molar-refractivity contribution in [1.29, 1.82) is 0 Å². The second-order valence-corrected chi connectivity index (χ2v) is 7.56. The molecule has 1 N–H and O–H groups in total. The number of aromatic nitrogens is 5. The molecule has 0 bridgehead atoms. The fourth-order valence-corrected chi connectivity index (χ4v) is 4.29. The number of aryl methyl sites for hydroxylation is 1. The minimum absolute atomic E-state index is 0.0340. The fraction of sp³-hybridized carbons (Fsp3) is 0.333. The number of aliphatic hydroxyl groups is 1. The maximum Gasteiger partial charge on any atom is 0.260 e. The first-order valence-electron chi connectivity index (χ1n) is 9.57. The molecule has 0 unspecified atom stereocenters. The van der Waals surface area contributed by atoms with Crippen molar-refractivity contribution in [2.24, 2.45) is 7.05 Å². The molecule has 28 heavy (non-hydrogen) atoms. The van der Waals surface area contributed by atoms with Crippen molar-refractivity contribution in [3.05, 3.63) is 53.5 Å². The maximum atomic E-state index is 13.5. The Morgan fingerprint density at radius 3 is 2.61 bits per heavy atom. The summed E-state index contributed by atoms with van der Waals surface area (Å²) in [6, 6.07) is 5.96. The van der Waals surface area contributed by atoms with Gasteiger partial charge in [0.25, 0.3) is 5.56 Å². The van der Waals surface area contributed by atoms with E-state index >= 15 is 0 Å². The normalized spacial score (nSPS) is 20.1. The lowest BCUT2D eigenvalue weighted by molar-refractivity contribution is 0.111. The lowest BCUT2D eigenvalue weighted by atomic mass is 9.92. The van der Waals surface area contributed by atoms with E-state index in [1.807, 2.05) is 36.0 Å². The van der Waals surface area contributed by atoms with Crippen LogP contribution in [0, 0.1) is 0 Å². The van der Waals surface area contributed by atoms with Crippen molar-refractivity contribution in [3.63, 3.8) is 0 Å². The quantitative estimate of drug-likeness (QED) is 0.545. The van der Waals surface area contributed by atoms with E-state index < -0.39 is 0 Å². The molecule has 0 amide bonds. The zero-order valence-corrected chi connectivity index (χ0v) is 15.6. The summed E-state index contributed by atoms with van der Waals surface area (Å²) in [6.07, 6.45) is 9.69.